The van der Waals surface area contributed by atoms with Gasteiger partial charge in [0, 0.05) is 37.1 Å². The Labute approximate surface area is 157 Å². The second-order valence-corrected chi connectivity index (χ2v) is 9.43. The van der Waals surface area contributed by atoms with Gasteiger partial charge in [0.15, 0.2) is 0 Å². The number of likely N-dealkylation sites (tertiary alicyclic amines) is 2. The van der Waals surface area contributed by atoms with E-state index in [-0.39, 0.29) is 6.09 Å². The maximum Gasteiger partial charge on any atom is 0.409 e. The number of piperidine rings is 1. The first-order valence-electron chi connectivity index (χ1n) is 10.5. The first-order chi connectivity index (χ1) is 12.5. The van der Waals surface area contributed by atoms with E-state index < -0.39 is 0 Å². The first-order valence-corrected chi connectivity index (χ1v) is 10.5. The Balaban J connectivity index is 1.16. The van der Waals surface area contributed by atoms with Crippen molar-refractivity contribution in [1.29, 1.82) is 0 Å². The van der Waals surface area contributed by atoms with Crippen molar-refractivity contribution in [3.05, 3.63) is 0 Å². The van der Waals surface area contributed by atoms with Gasteiger partial charge in [-0.25, -0.2) is 4.79 Å². The van der Waals surface area contributed by atoms with E-state index in [1.165, 1.54) is 38.8 Å². The van der Waals surface area contributed by atoms with Crippen molar-refractivity contribution in [1.82, 2.24) is 15.1 Å². The minimum Gasteiger partial charge on any atom is -0.450 e. The molecule has 4 rings (SSSR count). The standard InChI is InChI=1S/C20H35N3O3/c1-3-26-18(24)23-9-6-20(13-23)10-17(11-20)22-7-4-16(5-8-22)21-12-19(2)14-25-15-19/h16-17,21H,3-15H2,1-2H3. The molecule has 0 aromatic carbocycles. The molecule has 3 saturated heterocycles. The van der Waals surface area contributed by atoms with Crippen LogP contribution in [0.25, 0.3) is 0 Å². The lowest BCUT2D eigenvalue weighted by atomic mass is 9.64. The van der Waals surface area contributed by atoms with Crippen LogP contribution in [0.15, 0.2) is 0 Å². The van der Waals surface area contributed by atoms with E-state index in [2.05, 4.69) is 17.1 Å². The summed E-state index contributed by atoms with van der Waals surface area (Å²) in [5, 5.41) is 3.77. The molecule has 4 aliphatic rings. The lowest BCUT2D eigenvalue weighted by Crippen LogP contribution is -2.56. The van der Waals surface area contributed by atoms with Crippen molar-refractivity contribution in [2.75, 3.05) is 52.5 Å². The van der Waals surface area contributed by atoms with Crippen molar-refractivity contribution in [2.45, 2.75) is 58.0 Å². The molecule has 3 heterocycles. The summed E-state index contributed by atoms with van der Waals surface area (Å²) in [6.07, 6.45) is 6.07. The molecule has 1 spiro atoms. The van der Waals surface area contributed by atoms with E-state index in [4.69, 9.17) is 9.47 Å². The van der Waals surface area contributed by atoms with Gasteiger partial charge in [0.25, 0.3) is 0 Å². The molecule has 1 saturated carbocycles. The van der Waals surface area contributed by atoms with E-state index in [9.17, 15) is 4.79 Å². The largest absolute Gasteiger partial charge is 0.450 e. The second kappa shape index (κ2) is 7.28. The maximum atomic E-state index is 11.9. The summed E-state index contributed by atoms with van der Waals surface area (Å²) in [5.74, 6) is 0. The molecule has 3 aliphatic heterocycles. The Morgan fingerprint density at radius 3 is 2.58 bits per heavy atom. The van der Waals surface area contributed by atoms with Gasteiger partial charge in [-0.2, -0.15) is 0 Å². The number of nitrogens with zero attached hydrogens (tertiary/aromatic N) is 2. The van der Waals surface area contributed by atoms with Gasteiger partial charge in [0.2, 0.25) is 0 Å². The number of carbonyl (C=O) groups excluding carboxylic acids is 1. The van der Waals surface area contributed by atoms with Crippen molar-refractivity contribution < 1.29 is 14.3 Å². The third kappa shape index (κ3) is 3.73. The van der Waals surface area contributed by atoms with Crippen molar-refractivity contribution in [3.8, 4) is 0 Å². The molecule has 148 valence electrons. The maximum absolute atomic E-state index is 11.9. The Kier molecular flexibility index (Phi) is 5.19. The fourth-order valence-corrected chi connectivity index (χ4v) is 5.25. The molecule has 6 heteroatoms. The number of ether oxygens (including phenoxy) is 2. The quantitative estimate of drug-likeness (QED) is 0.808. The molecular formula is C20H35N3O3. The smallest absolute Gasteiger partial charge is 0.409 e. The van der Waals surface area contributed by atoms with Gasteiger partial charge in [-0.15, -0.1) is 0 Å². The average Bonchev–Trinajstić information content (AvgIpc) is 3.04. The Bertz CT molecular complexity index is 508. The minimum absolute atomic E-state index is 0.120. The van der Waals surface area contributed by atoms with Gasteiger partial charge in [0.05, 0.1) is 19.8 Å². The summed E-state index contributed by atoms with van der Waals surface area (Å²) >= 11 is 0. The highest BCUT2D eigenvalue weighted by Gasteiger charge is 2.51. The molecule has 6 nitrogen and oxygen atoms in total. The van der Waals surface area contributed by atoms with Crippen LogP contribution < -0.4 is 5.32 Å². The summed E-state index contributed by atoms with van der Waals surface area (Å²) in [4.78, 5) is 16.5. The molecule has 0 aromatic rings. The van der Waals surface area contributed by atoms with Gasteiger partial charge < -0.3 is 24.6 Å². The lowest BCUT2D eigenvalue weighted by Gasteiger charge is -2.51. The Morgan fingerprint density at radius 1 is 1.23 bits per heavy atom. The van der Waals surface area contributed by atoms with E-state index >= 15 is 0 Å². The molecular weight excluding hydrogens is 330 g/mol. The van der Waals surface area contributed by atoms with Gasteiger partial charge in [-0.05, 0) is 57.5 Å². The molecule has 1 amide bonds. The normalized spacial score (nSPS) is 34.5. The predicted octanol–water partition coefficient (Wildman–Crippen LogP) is 2.09. The van der Waals surface area contributed by atoms with Crippen molar-refractivity contribution >= 4 is 6.09 Å². The highest BCUT2D eigenvalue weighted by molar-refractivity contribution is 5.68. The molecule has 4 fully saturated rings. The molecule has 0 bridgehead atoms. The highest BCUT2D eigenvalue weighted by atomic mass is 16.6. The van der Waals surface area contributed by atoms with Crippen LogP contribution in [0.5, 0.6) is 0 Å². The van der Waals surface area contributed by atoms with Crippen LogP contribution in [-0.2, 0) is 9.47 Å². The minimum atomic E-state index is -0.120. The third-order valence-corrected chi connectivity index (χ3v) is 7.07. The topological polar surface area (TPSA) is 54.0 Å². The SMILES string of the molecule is CCOC(=O)N1CCC2(CC(N3CCC(NCC4(C)COC4)CC3)C2)C1. The molecule has 1 aliphatic carbocycles. The zero-order valence-electron chi connectivity index (χ0n) is 16.5. The number of nitrogens with one attached hydrogen (secondary N) is 1. The van der Waals surface area contributed by atoms with E-state index in [1.54, 1.807) is 0 Å². The number of rotatable bonds is 5. The molecule has 0 unspecified atom stereocenters. The molecule has 0 aromatic heterocycles. The number of carbonyl (C=O) groups is 1. The van der Waals surface area contributed by atoms with Crippen LogP contribution in [-0.4, -0.2) is 80.5 Å². The summed E-state index contributed by atoms with van der Waals surface area (Å²) < 4.78 is 10.5. The summed E-state index contributed by atoms with van der Waals surface area (Å²) in [6, 6.07) is 1.40. The van der Waals surface area contributed by atoms with E-state index in [0.29, 0.717) is 23.5 Å². The van der Waals surface area contributed by atoms with Gasteiger partial charge in [-0.3, -0.25) is 0 Å². The van der Waals surface area contributed by atoms with E-state index in [0.717, 1.165) is 45.3 Å². The first kappa shape index (κ1) is 18.5. The molecule has 0 atom stereocenters. The fraction of sp³-hybridized carbons (Fsp3) is 0.950. The molecule has 0 radical (unpaired) electrons. The van der Waals surface area contributed by atoms with Crippen LogP contribution in [0, 0.1) is 10.8 Å². The highest BCUT2D eigenvalue weighted by Crippen LogP contribution is 2.50. The number of amides is 1. The molecule has 26 heavy (non-hydrogen) atoms. The summed E-state index contributed by atoms with van der Waals surface area (Å²) in [5.41, 5.74) is 0.746. The Hall–Kier alpha value is -0.850. The van der Waals surface area contributed by atoms with Crippen LogP contribution in [0.1, 0.15) is 46.0 Å². The Morgan fingerprint density at radius 2 is 1.96 bits per heavy atom. The third-order valence-electron chi connectivity index (χ3n) is 7.07. The van der Waals surface area contributed by atoms with Crippen molar-refractivity contribution in [2.24, 2.45) is 10.8 Å². The van der Waals surface area contributed by atoms with Gasteiger partial charge in [-0.1, -0.05) is 6.92 Å². The molecule has 1 N–H and O–H groups in total. The zero-order chi connectivity index (χ0) is 18.2. The monoisotopic (exact) mass is 365 g/mol. The van der Waals surface area contributed by atoms with Gasteiger partial charge in [0.1, 0.15) is 0 Å². The number of hydrogen-bond donors (Lipinski definition) is 1. The van der Waals surface area contributed by atoms with Gasteiger partial charge >= 0.3 is 6.09 Å². The summed E-state index contributed by atoms with van der Waals surface area (Å²) in [7, 11) is 0. The lowest BCUT2D eigenvalue weighted by molar-refractivity contribution is -0.101. The average molecular weight is 366 g/mol. The van der Waals surface area contributed by atoms with E-state index in [1.807, 2.05) is 11.8 Å². The fourth-order valence-electron chi connectivity index (χ4n) is 5.25. The summed E-state index contributed by atoms with van der Waals surface area (Å²) in [6.45, 7) is 11.8. The zero-order valence-corrected chi connectivity index (χ0v) is 16.5. The predicted molar refractivity (Wildman–Crippen MR) is 100 cm³/mol. The van der Waals surface area contributed by atoms with Crippen LogP contribution in [0.2, 0.25) is 0 Å². The van der Waals surface area contributed by atoms with Crippen LogP contribution >= 0.6 is 0 Å². The van der Waals surface area contributed by atoms with Crippen LogP contribution in [0.3, 0.4) is 0 Å². The number of hydrogen-bond acceptors (Lipinski definition) is 5. The van der Waals surface area contributed by atoms with Crippen molar-refractivity contribution in [3.63, 3.8) is 0 Å². The van der Waals surface area contributed by atoms with Crippen LogP contribution in [0.4, 0.5) is 4.79 Å². The second-order valence-electron chi connectivity index (χ2n) is 9.43.